The van der Waals surface area contributed by atoms with Crippen LogP contribution in [0.3, 0.4) is 0 Å². The summed E-state index contributed by atoms with van der Waals surface area (Å²) in [5, 5.41) is 0.515. The second kappa shape index (κ2) is 4.48. The van der Waals surface area contributed by atoms with Crippen LogP contribution in [0.2, 0.25) is 5.02 Å². The van der Waals surface area contributed by atoms with Gasteiger partial charge in [0.05, 0.1) is 0 Å². The Morgan fingerprint density at radius 3 is 2.08 bits per heavy atom. The fourth-order valence-electron chi connectivity index (χ4n) is 0.586. The minimum atomic E-state index is -4.20. The maximum Gasteiger partial charge on any atom is 0.452 e. The Balaban J connectivity index is 2.51. The lowest BCUT2D eigenvalue weighted by molar-refractivity contribution is -0.0311. The van der Waals surface area contributed by atoms with Gasteiger partial charge in [-0.2, -0.15) is 13.2 Å². The van der Waals surface area contributed by atoms with Crippen molar-refractivity contribution in [2.24, 2.45) is 0 Å². The maximum absolute atomic E-state index is 11.7. The summed E-state index contributed by atoms with van der Waals surface area (Å²) in [4.78, 5) is 0.534. The zero-order valence-corrected chi connectivity index (χ0v) is 8.53. The molecule has 0 heterocycles. The van der Waals surface area contributed by atoms with Crippen LogP contribution in [0.15, 0.2) is 29.2 Å². The van der Waals surface area contributed by atoms with Crippen LogP contribution >= 0.6 is 33.2 Å². The van der Waals surface area contributed by atoms with E-state index in [0.717, 1.165) is 0 Å². The molecule has 0 amide bonds. The van der Waals surface area contributed by atoms with Gasteiger partial charge in [0.2, 0.25) is 0 Å². The van der Waals surface area contributed by atoms with Gasteiger partial charge in [-0.1, -0.05) is 11.6 Å². The maximum atomic E-state index is 11.7. The molecule has 0 radical (unpaired) electrons. The molecule has 13 heavy (non-hydrogen) atoms. The molecule has 1 aromatic rings. The van der Waals surface area contributed by atoms with Crippen molar-refractivity contribution < 1.29 is 13.2 Å². The topological polar surface area (TPSA) is 0 Å². The van der Waals surface area contributed by atoms with Crippen molar-refractivity contribution >= 4 is 33.2 Å². The van der Waals surface area contributed by atoms with Crippen molar-refractivity contribution in [3.63, 3.8) is 0 Å². The van der Waals surface area contributed by atoms with Crippen molar-refractivity contribution in [1.29, 1.82) is 0 Å². The molecule has 0 bridgehead atoms. The van der Waals surface area contributed by atoms with Gasteiger partial charge in [-0.25, -0.2) is 0 Å². The van der Waals surface area contributed by atoms with E-state index >= 15 is 0 Å². The molecule has 0 fully saturated rings. The Morgan fingerprint density at radius 2 is 1.62 bits per heavy atom. The lowest BCUT2D eigenvalue weighted by Crippen LogP contribution is -1.95. The van der Waals surface area contributed by atoms with E-state index < -0.39 is 5.51 Å². The Bertz CT molecular complexity index is 270. The van der Waals surface area contributed by atoms with E-state index in [-0.39, 0.29) is 10.8 Å². The zero-order valence-electron chi connectivity index (χ0n) is 6.14. The predicted octanol–water partition coefficient (Wildman–Crippen LogP) is 4.60. The molecule has 72 valence electrons. The summed E-state index contributed by atoms with van der Waals surface area (Å²) in [6, 6.07) is 6.21. The van der Waals surface area contributed by atoms with Crippen molar-refractivity contribution in [3.05, 3.63) is 29.3 Å². The largest absolute Gasteiger partial charge is 0.452 e. The van der Waals surface area contributed by atoms with Crippen LogP contribution in [0.4, 0.5) is 13.2 Å². The zero-order chi connectivity index (χ0) is 9.90. The van der Waals surface area contributed by atoms with Gasteiger partial charge in [-0.15, -0.1) is 0 Å². The predicted molar refractivity (Wildman–Crippen MR) is 51.0 cm³/mol. The standard InChI is InChI=1S/C7H4ClF3S2/c8-5-1-3-6(4-2-5)12-13-7(9,10)11/h1-4H. The first-order chi connectivity index (χ1) is 5.97. The molecule has 0 nitrogen and oxygen atoms in total. The lowest BCUT2D eigenvalue weighted by Gasteiger charge is -2.03. The Labute approximate surface area is 86.2 Å². The van der Waals surface area contributed by atoms with Gasteiger partial charge in [0.15, 0.2) is 0 Å². The first kappa shape index (κ1) is 11.1. The van der Waals surface area contributed by atoms with Gasteiger partial charge in [0, 0.05) is 20.7 Å². The van der Waals surface area contributed by atoms with E-state index in [2.05, 4.69) is 0 Å². The molecule has 0 aliphatic rings. The molecule has 0 atom stereocenters. The number of rotatable bonds is 2. The van der Waals surface area contributed by atoms with E-state index in [9.17, 15) is 13.2 Å². The number of halogens is 4. The third-order valence-corrected chi connectivity index (χ3v) is 3.43. The average Bonchev–Trinajstić information content (AvgIpc) is 2.02. The summed E-state index contributed by atoms with van der Waals surface area (Å²) >= 11 is 5.56. The van der Waals surface area contributed by atoms with Crippen LogP contribution in [0, 0.1) is 0 Å². The first-order valence-corrected chi connectivity index (χ1v) is 5.68. The van der Waals surface area contributed by atoms with E-state index in [4.69, 9.17) is 11.6 Å². The van der Waals surface area contributed by atoms with Gasteiger partial charge >= 0.3 is 5.51 Å². The summed E-state index contributed by atoms with van der Waals surface area (Å²) in [5.74, 6) is 0. The molecule has 0 aliphatic heterocycles. The van der Waals surface area contributed by atoms with Crippen molar-refractivity contribution in [2.75, 3.05) is 0 Å². The van der Waals surface area contributed by atoms with Crippen LogP contribution in [0.1, 0.15) is 0 Å². The molecule has 6 heteroatoms. The molecule has 0 saturated heterocycles. The molecule has 0 saturated carbocycles. The minimum absolute atomic E-state index is 0.134. The van der Waals surface area contributed by atoms with E-state index in [1.807, 2.05) is 0 Å². The normalized spacial score (nSPS) is 11.7. The highest BCUT2D eigenvalue weighted by molar-refractivity contribution is 8.77. The highest BCUT2D eigenvalue weighted by atomic mass is 35.5. The number of hydrogen-bond donors (Lipinski definition) is 0. The summed E-state index contributed by atoms with van der Waals surface area (Å²) < 4.78 is 35.2. The highest BCUT2D eigenvalue weighted by Crippen LogP contribution is 2.43. The Kier molecular flexibility index (Phi) is 3.82. The molecule has 0 aromatic heterocycles. The second-order valence-electron chi connectivity index (χ2n) is 2.07. The SMILES string of the molecule is FC(F)(F)SSc1ccc(Cl)cc1. The van der Waals surface area contributed by atoms with E-state index in [0.29, 0.717) is 20.7 Å². The smallest absolute Gasteiger partial charge is 0.160 e. The summed E-state index contributed by atoms with van der Waals surface area (Å²) in [6.07, 6.45) is 0. The third kappa shape index (κ3) is 4.69. The highest BCUT2D eigenvalue weighted by Gasteiger charge is 2.28. The first-order valence-electron chi connectivity index (χ1n) is 3.15. The molecule has 0 aliphatic carbocycles. The molecular formula is C7H4ClF3S2. The van der Waals surface area contributed by atoms with Gasteiger partial charge in [0.25, 0.3) is 0 Å². The molecule has 0 spiro atoms. The van der Waals surface area contributed by atoms with Crippen molar-refractivity contribution in [2.45, 2.75) is 10.4 Å². The number of alkyl halides is 3. The second-order valence-corrected chi connectivity index (χ2v) is 4.77. The van der Waals surface area contributed by atoms with Crippen LogP contribution < -0.4 is 0 Å². The molecule has 1 aromatic carbocycles. The van der Waals surface area contributed by atoms with E-state index in [1.54, 1.807) is 24.3 Å². The lowest BCUT2D eigenvalue weighted by atomic mass is 10.4. The van der Waals surface area contributed by atoms with Gasteiger partial charge in [-0.05, 0) is 35.1 Å². The van der Waals surface area contributed by atoms with Crippen LogP contribution in [0.5, 0.6) is 0 Å². The number of hydrogen-bond acceptors (Lipinski definition) is 2. The van der Waals surface area contributed by atoms with Crippen LogP contribution in [-0.4, -0.2) is 5.51 Å². The van der Waals surface area contributed by atoms with Crippen LogP contribution in [0.25, 0.3) is 0 Å². The summed E-state index contributed by atoms with van der Waals surface area (Å²) in [7, 11) is 0.535. The van der Waals surface area contributed by atoms with Crippen LogP contribution in [-0.2, 0) is 0 Å². The number of benzene rings is 1. The fourth-order valence-corrected chi connectivity index (χ4v) is 2.05. The fraction of sp³-hybridized carbons (Fsp3) is 0.143. The van der Waals surface area contributed by atoms with Crippen molar-refractivity contribution in [1.82, 2.24) is 0 Å². The van der Waals surface area contributed by atoms with Gasteiger partial charge < -0.3 is 0 Å². The average molecular weight is 245 g/mol. The summed E-state index contributed by atoms with van der Waals surface area (Å²) in [5.41, 5.74) is -4.20. The third-order valence-electron chi connectivity index (χ3n) is 1.05. The molecule has 1 rings (SSSR count). The molecule has 0 N–H and O–H groups in total. The monoisotopic (exact) mass is 244 g/mol. The molecular weight excluding hydrogens is 241 g/mol. The molecule has 0 unspecified atom stereocenters. The Hall–Kier alpha value is -0.000000000000000111. The Morgan fingerprint density at radius 1 is 1.08 bits per heavy atom. The quantitative estimate of drug-likeness (QED) is 0.698. The van der Waals surface area contributed by atoms with E-state index in [1.165, 1.54) is 0 Å². The minimum Gasteiger partial charge on any atom is -0.160 e. The van der Waals surface area contributed by atoms with Crippen molar-refractivity contribution in [3.8, 4) is 0 Å². The van der Waals surface area contributed by atoms with Gasteiger partial charge in [0.1, 0.15) is 0 Å². The van der Waals surface area contributed by atoms with Gasteiger partial charge in [-0.3, -0.25) is 0 Å². The summed E-state index contributed by atoms with van der Waals surface area (Å²) in [6.45, 7) is 0.